The first kappa shape index (κ1) is 20.1. The number of benzene rings is 2. The van der Waals surface area contributed by atoms with Crippen LogP contribution < -0.4 is 15.4 Å². The third-order valence-electron chi connectivity index (χ3n) is 4.25. The van der Waals surface area contributed by atoms with Gasteiger partial charge in [0.1, 0.15) is 11.4 Å². The van der Waals surface area contributed by atoms with E-state index in [1.807, 2.05) is 38.1 Å². The van der Waals surface area contributed by atoms with Gasteiger partial charge in [0, 0.05) is 24.0 Å². The van der Waals surface area contributed by atoms with Crippen LogP contribution in [-0.4, -0.2) is 23.4 Å². The maximum Gasteiger partial charge on any atom is 0.274 e. The van der Waals surface area contributed by atoms with E-state index in [1.165, 1.54) is 12.3 Å². The van der Waals surface area contributed by atoms with E-state index in [9.17, 15) is 9.59 Å². The Morgan fingerprint density at radius 3 is 2.38 bits per heavy atom. The van der Waals surface area contributed by atoms with Gasteiger partial charge >= 0.3 is 0 Å². The predicted molar refractivity (Wildman–Crippen MR) is 112 cm³/mol. The molecule has 2 N–H and O–H groups in total. The Kier molecular flexibility index (Phi) is 6.58. The molecule has 1 aromatic heterocycles. The molecule has 0 aliphatic carbocycles. The Morgan fingerprint density at radius 1 is 0.966 bits per heavy atom. The molecule has 0 unspecified atom stereocenters. The number of carbonyl (C=O) groups excluding carboxylic acids is 2. The number of rotatable bonds is 7. The predicted octanol–water partition coefficient (Wildman–Crippen LogP) is 3.97. The summed E-state index contributed by atoms with van der Waals surface area (Å²) in [5, 5.41) is 5.62. The lowest BCUT2D eigenvalue weighted by Crippen LogP contribution is -2.23. The van der Waals surface area contributed by atoms with Crippen LogP contribution in [0, 0.1) is 6.92 Å². The van der Waals surface area contributed by atoms with Crippen LogP contribution in [0.1, 0.15) is 38.9 Å². The van der Waals surface area contributed by atoms with Crippen molar-refractivity contribution in [1.82, 2.24) is 10.3 Å². The zero-order chi connectivity index (χ0) is 20.6. The van der Waals surface area contributed by atoms with Crippen LogP contribution in [0.4, 0.5) is 5.69 Å². The highest BCUT2D eigenvalue weighted by atomic mass is 16.5. The van der Waals surface area contributed by atoms with Gasteiger partial charge in [0.2, 0.25) is 0 Å². The van der Waals surface area contributed by atoms with E-state index < -0.39 is 0 Å². The lowest BCUT2D eigenvalue weighted by atomic mass is 10.1. The molecule has 0 saturated heterocycles. The van der Waals surface area contributed by atoms with Crippen LogP contribution in [0.3, 0.4) is 0 Å². The fraction of sp³-hybridized carbons (Fsp3) is 0.174. The highest BCUT2D eigenvalue weighted by Crippen LogP contribution is 2.16. The van der Waals surface area contributed by atoms with Gasteiger partial charge in [0.25, 0.3) is 11.8 Å². The fourth-order valence-corrected chi connectivity index (χ4v) is 2.68. The van der Waals surface area contributed by atoms with E-state index in [2.05, 4.69) is 15.6 Å². The van der Waals surface area contributed by atoms with Gasteiger partial charge in [-0.1, -0.05) is 29.8 Å². The highest BCUT2D eigenvalue weighted by molar-refractivity contribution is 6.04. The molecule has 3 rings (SSSR count). The maximum atomic E-state index is 12.5. The number of anilines is 1. The molecule has 2 aromatic carbocycles. The van der Waals surface area contributed by atoms with Gasteiger partial charge in [-0.15, -0.1) is 0 Å². The number of amides is 2. The van der Waals surface area contributed by atoms with E-state index in [0.29, 0.717) is 24.4 Å². The minimum atomic E-state index is -0.387. The second-order valence-corrected chi connectivity index (χ2v) is 6.51. The van der Waals surface area contributed by atoms with Gasteiger partial charge in [-0.25, -0.2) is 0 Å². The van der Waals surface area contributed by atoms with E-state index in [4.69, 9.17) is 4.74 Å². The van der Waals surface area contributed by atoms with E-state index >= 15 is 0 Å². The second-order valence-electron chi connectivity index (χ2n) is 6.51. The van der Waals surface area contributed by atoms with Crippen molar-refractivity contribution in [2.45, 2.75) is 20.4 Å². The molecule has 29 heavy (non-hydrogen) atoms. The van der Waals surface area contributed by atoms with Crippen LogP contribution in [-0.2, 0) is 6.54 Å². The van der Waals surface area contributed by atoms with Crippen molar-refractivity contribution in [3.05, 3.63) is 89.2 Å². The van der Waals surface area contributed by atoms with Crippen molar-refractivity contribution in [3.63, 3.8) is 0 Å². The number of nitrogens with zero attached hydrogens (tertiary/aromatic N) is 1. The molecule has 6 heteroatoms. The Balaban J connectivity index is 1.62. The average molecular weight is 389 g/mol. The van der Waals surface area contributed by atoms with Crippen molar-refractivity contribution in [2.75, 3.05) is 11.9 Å². The van der Waals surface area contributed by atoms with Gasteiger partial charge in [-0.3, -0.25) is 14.6 Å². The van der Waals surface area contributed by atoms with Crippen molar-refractivity contribution in [1.29, 1.82) is 0 Å². The third-order valence-corrected chi connectivity index (χ3v) is 4.25. The van der Waals surface area contributed by atoms with E-state index in [0.717, 1.165) is 16.9 Å². The summed E-state index contributed by atoms with van der Waals surface area (Å²) < 4.78 is 5.38. The van der Waals surface area contributed by atoms with Gasteiger partial charge in [-0.2, -0.15) is 0 Å². The maximum absolute atomic E-state index is 12.5. The van der Waals surface area contributed by atoms with Crippen molar-refractivity contribution < 1.29 is 14.3 Å². The van der Waals surface area contributed by atoms with E-state index in [1.54, 1.807) is 30.3 Å². The van der Waals surface area contributed by atoms with Gasteiger partial charge in [0.15, 0.2) is 0 Å². The molecular formula is C23H23N3O3. The first-order valence-electron chi connectivity index (χ1n) is 9.39. The quantitative estimate of drug-likeness (QED) is 0.641. The molecule has 0 spiro atoms. The Labute approximate surface area is 169 Å². The first-order chi connectivity index (χ1) is 14.0. The molecule has 0 bridgehead atoms. The Morgan fingerprint density at radius 2 is 1.69 bits per heavy atom. The Hall–Kier alpha value is -3.67. The van der Waals surface area contributed by atoms with Crippen LogP contribution >= 0.6 is 0 Å². The van der Waals surface area contributed by atoms with Crippen molar-refractivity contribution >= 4 is 17.5 Å². The van der Waals surface area contributed by atoms with Gasteiger partial charge in [0.05, 0.1) is 6.61 Å². The number of aromatic nitrogens is 1. The lowest BCUT2D eigenvalue weighted by molar-refractivity contribution is 0.0951. The Bertz CT molecular complexity index is 983. The minimum absolute atomic E-state index is 0.168. The standard InChI is InChI=1S/C23H23N3O3/c1-3-29-20-10-8-19(9-11-20)26-23(28)21-14-18(12-13-24-21)22(27)25-15-17-6-4-16(2)5-7-17/h4-14H,3,15H2,1-2H3,(H,25,27)(H,26,28). The molecule has 148 valence electrons. The molecule has 0 radical (unpaired) electrons. The molecule has 2 amide bonds. The van der Waals surface area contributed by atoms with Crippen LogP contribution in [0.2, 0.25) is 0 Å². The molecule has 1 heterocycles. The molecule has 0 atom stereocenters. The number of hydrogen-bond acceptors (Lipinski definition) is 4. The van der Waals surface area contributed by atoms with Gasteiger partial charge < -0.3 is 15.4 Å². The number of pyridine rings is 1. The smallest absolute Gasteiger partial charge is 0.274 e. The first-order valence-corrected chi connectivity index (χ1v) is 9.39. The summed E-state index contributed by atoms with van der Waals surface area (Å²) in [4.78, 5) is 29.0. The molecule has 6 nitrogen and oxygen atoms in total. The number of ether oxygens (including phenoxy) is 1. The zero-order valence-electron chi connectivity index (χ0n) is 16.4. The number of hydrogen-bond donors (Lipinski definition) is 2. The zero-order valence-corrected chi connectivity index (χ0v) is 16.4. The summed E-state index contributed by atoms with van der Waals surface area (Å²) in [6, 6.07) is 18.1. The van der Waals surface area contributed by atoms with Crippen LogP contribution in [0.25, 0.3) is 0 Å². The monoisotopic (exact) mass is 389 g/mol. The molecular weight excluding hydrogens is 366 g/mol. The summed E-state index contributed by atoms with van der Waals surface area (Å²) in [5.74, 6) is 0.0845. The largest absolute Gasteiger partial charge is 0.494 e. The SMILES string of the molecule is CCOc1ccc(NC(=O)c2cc(C(=O)NCc3ccc(C)cc3)ccn2)cc1. The summed E-state index contributed by atoms with van der Waals surface area (Å²) in [6.45, 7) is 4.91. The van der Waals surface area contributed by atoms with Crippen molar-refractivity contribution in [3.8, 4) is 5.75 Å². The topological polar surface area (TPSA) is 80.3 Å². The molecule has 3 aromatic rings. The summed E-state index contributed by atoms with van der Waals surface area (Å²) in [7, 11) is 0. The second kappa shape index (κ2) is 9.50. The number of nitrogens with one attached hydrogen (secondary N) is 2. The normalized spacial score (nSPS) is 10.3. The average Bonchev–Trinajstić information content (AvgIpc) is 2.75. The molecule has 0 fully saturated rings. The van der Waals surface area contributed by atoms with Crippen LogP contribution in [0.15, 0.2) is 66.9 Å². The number of carbonyl (C=O) groups is 2. The van der Waals surface area contributed by atoms with Crippen molar-refractivity contribution in [2.24, 2.45) is 0 Å². The molecule has 0 aliphatic rings. The molecule has 0 aliphatic heterocycles. The van der Waals surface area contributed by atoms with Crippen LogP contribution in [0.5, 0.6) is 5.75 Å². The fourth-order valence-electron chi connectivity index (χ4n) is 2.68. The van der Waals surface area contributed by atoms with E-state index in [-0.39, 0.29) is 17.5 Å². The highest BCUT2D eigenvalue weighted by Gasteiger charge is 2.12. The summed E-state index contributed by atoms with van der Waals surface area (Å²) >= 11 is 0. The minimum Gasteiger partial charge on any atom is -0.494 e. The third kappa shape index (κ3) is 5.65. The lowest BCUT2D eigenvalue weighted by Gasteiger charge is -2.09. The number of aryl methyl sites for hydroxylation is 1. The van der Waals surface area contributed by atoms with Gasteiger partial charge in [-0.05, 0) is 55.8 Å². The summed E-state index contributed by atoms with van der Waals surface area (Å²) in [5.41, 5.74) is 3.34. The summed E-state index contributed by atoms with van der Waals surface area (Å²) in [6.07, 6.45) is 1.45. The molecule has 0 saturated carbocycles.